The van der Waals surface area contributed by atoms with Gasteiger partial charge in [-0.3, -0.25) is 9.78 Å². The van der Waals surface area contributed by atoms with Crippen molar-refractivity contribution in [1.82, 2.24) is 4.98 Å². The van der Waals surface area contributed by atoms with Crippen molar-refractivity contribution >= 4 is 28.8 Å². The van der Waals surface area contributed by atoms with Crippen LogP contribution >= 0.6 is 12.2 Å². The summed E-state index contributed by atoms with van der Waals surface area (Å²) < 4.78 is 0. The summed E-state index contributed by atoms with van der Waals surface area (Å²) in [6.45, 7) is 5.28. The zero-order chi connectivity index (χ0) is 12.3. The molecule has 5 heteroatoms. The number of aromatic nitrogens is 1. The summed E-state index contributed by atoms with van der Waals surface area (Å²) in [6, 6.07) is 1.82. The van der Waals surface area contributed by atoms with E-state index in [1.165, 1.54) is 0 Å². The highest BCUT2D eigenvalue weighted by atomic mass is 32.1. The molecule has 1 aromatic rings. The number of rotatable bonds is 3. The van der Waals surface area contributed by atoms with Gasteiger partial charge in [-0.05, 0) is 32.4 Å². The summed E-state index contributed by atoms with van der Waals surface area (Å²) in [5, 5.41) is 2.76. The quantitative estimate of drug-likeness (QED) is 0.784. The van der Waals surface area contributed by atoms with E-state index in [1.54, 1.807) is 26.2 Å². The summed E-state index contributed by atoms with van der Waals surface area (Å²) in [4.78, 5) is 16.0. The Balaban J connectivity index is 2.88. The molecule has 1 heterocycles. The predicted molar refractivity (Wildman–Crippen MR) is 68.2 cm³/mol. The van der Waals surface area contributed by atoms with Gasteiger partial charge in [-0.1, -0.05) is 12.2 Å². The minimum Gasteiger partial charge on any atom is -0.392 e. The van der Waals surface area contributed by atoms with E-state index >= 15 is 0 Å². The second-order valence-electron chi connectivity index (χ2n) is 4.13. The van der Waals surface area contributed by atoms with Crippen LogP contribution in [0, 0.1) is 12.3 Å². The van der Waals surface area contributed by atoms with Crippen molar-refractivity contribution < 1.29 is 4.79 Å². The highest BCUT2D eigenvalue weighted by Crippen LogP contribution is 2.20. The third kappa shape index (κ3) is 2.55. The number of hydrogen-bond donors (Lipinski definition) is 2. The summed E-state index contributed by atoms with van der Waals surface area (Å²) in [5.41, 5.74) is 6.28. The highest BCUT2D eigenvalue weighted by Gasteiger charge is 2.31. The smallest absolute Gasteiger partial charge is 0.236 e. The minimum atomic E-state index is -0.863. The van der Waals surface area contributed by atoms with Crippen LogP contribution in [-0.2, 0) is 4.79 Å². The predicted octanol–water partition coefficient (Wildman–Crippen LogP) is 1.64. The van der Waals surface area contributed by atoms with Crippen molar-refractivity contribution in [3.8, 4) is 0 Å². The Morgan fingerprint density at radius 2 is 2.19 bits per heavy atom. The van der Waals surface area contributed by atoms with Crippen molar-refractivity contribution in [2.45, 2.75) is 20.8 Å². The van der Waals surface area contributed by atoms with E-state index in [0.29, 0.717) is 5.69 Å². The molecule has 0 saturated heterocycles. The van der Waals surface area contributed by atoms with Gasteiger partial charge in [0.1, 0.15) is 0 Å². The molecular weight excluding hydrogens is 222 g/mol. The van der Waals surface area contributed by atoms with Crippen LogP contribution in [0.3, 0.4) is 0 Å². The van der Waals surface area contributed by atoms with Gasteiger partial charge in [0.15, 0.2) is 0 Å². The molecule has 0 aliphatic heterocycles. The number of carbonyl (C=O) groups excluding carboxylic acids is 1. The van der Waals surface area contributed by atoms with Crippen LogP contribution in [0.5, 0.6) is 0 Å². The zero-order valence-electron chi connectivity index (χ0n) is 9.57. The number of pyridine rings is 1. The second-order valence-corrected chi connectivity index (χ2v) is 4.57. The summed E-state index contributed by atoms with van der Waals surface area (Å²) in [6.07, 6.45) is 3.27. The van der Waals surface area contributed by atoms with E-state index in [0.717, 1.165) is 5.56 Å². The van der Waals surface area contributed by atoms with Crippen molar-refractivity contribution in [2.75, 3.05) is 5.32 Å². The molecule has 1 rings (SSSR count). The van der Waals surface area contributed by atoms with Gasteiger partial charge in [0.05, 0.1) is 22.3 Å². The minimum absolute atomic E-state index is 0.173. The Morgan fingerprint density at radius 3 is 2.69 bits per heavy atom. The van der Waals surface area contributed by atoms with Crippen molar-refractivity contribution in [3.05, 3.63) is 24.0 Å². The van der Waals surface area contributed by atoms with Crippen LogP contribution in [-0.4, -0.2) is 15.9 Å². The molecule has 0 aliphatic rings. The molecule has 0 aromatic carbocycles. The first-order valence-corrected chi connectivity index (χ1v) is 5.28. The molecule has 0 bridgehead atoms. The molecule has 0 unspecified atom stereocenters. The maximum Gasteiger partial charge on any atom is 0.236 e. The second kappa shape index (κ2) is 4.57. The van der Waals surface area contributed by atoms with Crippen LogP contribution in [0.15, 0.2) is 18.5 Å². The van der Waals surface area contributed by atoms with Crippen molar-refractivity contribution in [3.63, 3.8) is 0 Å². The van der Waals surface area contributed by atoms with Gasteiger partial charge in [0.2, 0.25) is 5.91 Å². The fraction of sp³-hybridized carbons (Fsp3) is 0.364. The molecule has 3 N–H and O–H groups in total. The number of hydrogen-bond acceptors (Lipinski definition) is 3. The van der Waals surface area contributed by atoms with E-state index in [9.17, 15) is 4.79 Å². The molecular formula is C11H15N3OS. The SMILES string of the molecule is Cc1ccncc1NC(=O)C(C)(C)C(N)=S. The summed E-state index contributed by atoms with van der Waals surface area (Å²) in [7, 11) is 0. The monoisotopic (exact) mass is 237 g/mol. The molecule has 16 heavy (non-hydrogen) atoms. The molecule has 0 aliphatic carbocycles. The number of anilines is 1. The normalized spacial score (nSPS) is 10.9. The van der Waals surface area contributed by atoms with Crippen LogP contribution in [0.4, 0.5) is 5.69 Å². The largest absolute Gasteiger partial charge is 0.392 e. The molecule has 0 saturated carbocycles. The third-order valence-electron chi connectivity index (χ3n) is 2.47. The van der Waals surface area contributed by atoms with Crippen molar-refractivity contribution in [2.24, 2.45) is 11.1 Å². The van der Waals surface area contributed by atoms with Gasteiger partial charge in [-0.25, -0.2) is 0 Å². The van der Waals surface area contributed by atoms with Gasteiger partial charge in [0.25, 0.3) is 0 Å². The lowest BCUT2D eigenvalue weighted by atomic mass is 9.92. The maximum atomic E-state index is 11.9. The Bertz CT molecular complexity index is 429. The van der Waals surface area contributed by atoms with E-state index in [4.69, 9.17) is 18.0 Å². The molecule has 1 aromatic heterocycles. The fourth-order valence-corrected chi connectivity index (χ4v) is 1.08. The molecule has 0 spiro atoms. The number of nitrogens with zero attached hydrogens (tertiary/aromatic N) is 1. The molecule has 0 atom stereocenters. The number of nitrogens with one attached hydrogen (secondary N) is 1. The first-order valence-electron chi connectivity index (χ1n) is 4.87. The third-order valence-corrected chi connectivity index (χ3v) is 2.98. The molecule has 0 fully saturated rings. The average Bonchev–Trinajstić information content (AvgIpc) is 2.21. The van der Waals surface area contributed by atoms with Crippen LogP contribution in [0.1, 0.15) is 19.4 Å². The molecule has 0 radical (unpaired) electrons. The van der Waals surface area contributed by atoms with E-state index in [-0.39, 0.29) is 10.9 Å². The topological polar surface area (TPSA) is 68.0 Å². The van der Waals surface area contributed by atoms with Gasteiger partial charge < -0.3 is 11.1 Å². The molecule has 86 valence electrons. The lowest BCUT2D eigenvalue weighted by molar-refractivity contribution is -0.121. The van der Waals surface area contributed by atoms with Crippen LogP contribution in [0.2, 0.25) is 0 Å². The number of thiocarbonyl (C=S) groups is 1. The lowest BCUT2D eigenvalue weighted by Gasteiger charge is -2.22. The van der Waals surface area contributed by atoms with Gasteiger partial charge in [-0.15, -0.1) is 0 Å². The van der Waals surface area contributed by atoms with Gasteiger partial charge in [-0.2, -0.15) is 0 Å². The Kier molecular flexibility index (Phi) is 3.59. The lowest BCUT2D eigenvalue weighted by Crippen LogP contribution is -2.41. The number of amides is 1. The maximum absolute atomic E-state index is 11.9. The number of nitrogens with two attached hydrogens (primary N) is 1. The van der Waals surface area contributed by atoms with Gasteiger partial charge in [0, 0.05) is 6.20 Å². The van der Waals surface area contributed by atoms with E-state index in [2.05, 4.69) is 10.3 Å². The standard InChI is InChI=1S/C11H15N3OS/c1-7-4-5-13-6-8(7)14-10(15)11(2,3)9(12)16/h4-6H,1-3H3,(H2,12,16)(H,14,15). The molecule has 4 nitrogen and oxygen atoms in total. The summed E-state index contributed by atoms with van der Waals surface area (Å²) >= 11 is 4.86. The van der Waals surface area contributed by atoms with E-state index < -0.39 is 5.41 Å². The van der Waals surface area contributed by atoms with Crippen LogP contribution in [0.25, 0.3) is 0 Å². The number of carbonyl (C=O) groups is 1. The summed E-state index contributed by atoms with van der Waals surface area (Å²) in [5.74, 6) is -0.226. The Hall–Kier alpha value is -1.49. The molecule has 1 amide bonds. The van der Waals surface area contributed by atoms with Crippen LogP contribution < -0.4 is 11.1 Å². The Morgan fingerprint density at radius 1 is 1.56 bits per heavy atom. The zero-order valence-corrected chi connectivity index (χ0v) is 10.4. The fourth-order valence-electron chi connectivity index (χ4n) is 0.985. The Labute approximate surface area is 100 Å². The first-order chi connectivity index (χ1) is 7.35. The number of aryl methyl sites for hydroxylation is 1. The highest BCUT2D eigenvalue weighted by molar-refractivity contribution is 7.80. The first kappa shape index (κ1) is 12.6. The average molecular weight is 237 g/mol. The van der Waals surface area contributed by atoms with E-state index in [1.807, 2.05) is 13.0 Å². The van der Waals surface area contributed by atoms with Gasteiger partial charge >= 0.3 is 0 Å². The van der Waals surface area contributed by atoms with Crippen molar-refractivity contribution in [1.29, 1.82) is 0 Å².